The van der Waals surface area contributed by atoms with Gasteiger partial charge in [0, 0.05) is 50.6 Å². The van der Waals surface area contributed by atoms with Crippen molar-refractivity contribution in [1.82, 2.24) is 14.6 Å². The first-order chi connectivity index (χ1) is 23.4. The van der Waals surface area contributed by atoms with Crippen LogP contribution in [0.5, 0.6) is 17.2 Å². The monoisotopic (exact) mass is 743 g/mol. The number of halogens is 4. The van der Waals surface area contributed by atoms with Gasteiger partial charge in [0.05, 0.1) is 41.7 Å². The molecule has 2 heterocycles. The van der Waals surface area contributed by atoms with Crippen LogP contribution in [-0.2, 0) is 32.5 Å². The molecule has 5 rings (SSSR count). The summed E-state index contributed by atoms with van der Waals surface area (Å²) in [5, 5.41) is 0.491. The highest BCUT2D eigenvalue weighted by Crippen LogP contribution is 2.38. The summed E-state index contributed by atoms with van der Waals surface area (Å²) in [6.45, 7) is 0.838. The van der Waals surface area contributed by atoms with Crippen molar-refractivity contribution in [2.75, 3.05) is 52.3 Å². The van der Waals surface area contributed by atoms with Gasteiger partial charge in [-0.25, -0.2) is 17.9 Å². The highest BCUT2D eigenvalue weighted by Gasteiger charge is 2.27. The number of benzene rings is 2. The molecule has 3 aromatic rings. The van der Waals surface area contributed by atoms with Crippen LogP contribution < -0.4 is 18.9 Å². The lowest BCUT2D eigenvalue weighted by Gasteiger charge is -2.26. The Morgan fingerprint density at radius 1 is 1.04 bits per heavy atom. The Labute approximate surface area is 293 Å². The van der Waals surface area contributed by atoms with Crippen molar-refractivity contribution in [3.8, 4) is 17.2 Å². The Kier molecular flexibility index (Phi) is 12.9. The molecule has 49 heavy (non-hydrogen) atoms. The van der Waals surface area contributed by atoms with E-state index >= 15 is 0 Å². The minimum Gasteiger partial charge on any atom is -0.492 e. The van der Waals surface area contributed by atoms with Crippen LogP contribution in [0.15, 0.2) is 48.8 Å². The summed E-state index contributed by atoms with van der Waals surface area (Å²) in [5.41, 5.74) is 1.52. The van der Waals surface area contributed by atoms with Gasteiger partial charge in [-0.2, -0.15) is 8.78 Å². The molecule has 2 fully saturated rings. The predicted molar refractivity (Wildman–Crippen MR) is 178 cm³/mol. The number of ether oxygens (including phenoxy) is 5. The van der Waals surface area contributed by atoms with Gasteiger partial charge < -0.3 is 23.7 Å². The summed E-state index contributed by atoms with van der Waals surface area (Å²) in [4.78, 5) is 19.9. The van der Waals surface area contributed by atoms with E-state index in [0.29, 0.717) is 54.7 Å². The molecule has 1 atom stereocenters. The van der Waals surface area contributed by atoms with E-state index in [2.05, 4.69) is 14.6 Å². The lowest BCUT2D eigenvalue weighted by molar-refractivity contribution is -0.0515. The number of esters is 1. The number of morpholine rings is 1. The number of nitrogens with one attached hydrogen (secondary N) is 1. The molecule has 0 amide bonds. The van der Waals surface area contributed by atoms with Gasteiger partial charge in [0.25, 0.3) is 0 Å². The molecule has 1 aliphatic carbocycles. The number of alkyl halides is 2. The Morgan fingerprint density at radius 2 is 1.78 bits per heavy atom. The third kappa shape index (κ3) is 11.4. The molecule has 1 aromatic heterocycles. The van der Waals surface area contributed by atoms with E-state index in [-0.39, 0.29) is 46.7 Å². The van der Waals surface area contributed by atoms with Crippen molar-refractivity contribution in [3.63, 3.8) is 0 Å². The second-order valence-corrected chi connectivity index (χ2v) is 14.4. The third-order valence-electron chi connectivity index (χ3n) is 7.91. The minimum absolute atomic E-state index is 0.0162. The molecule has 0 radical (unpaired) electrons. The maximum absolute atomic E-state index is 13.8. The zero-order valence-corrected chi connectivity index (χ0v) is 29.0. The smallest absolute Gasteiger partial charge is 0.387 e. The first-order valence-corrected chi connectivity index (χ1v) is 18.3. The molecule has 1 saturated carbocycles. The van der Waals surface area contributed by atoms with Gasteiger partial charge in [0.2, 0.25) is 10.0 Å². The quantitative estimate of drug-likeness (QED) is 0.173. The van der Waals surface area contributed by atoms with Crippen LogP contribution in [0.2, 0.25) is 10.0 Å². The molecule has 1 aliphatic heterocycles. The standard InChI is InChI=1S/C33H37Cl2F2N3O8S/c1-49(42,43)39-17-24-5-4-23(15-29(24)45-13-10-40-8-11-44-12-9-40)32(41)47-30(16-25-26(34)18-38-19-27(25)35)22-6-7-28(48-33(36)37)31(14-22)46-20-21-2-3-21/h4-7,14-15,18-19,21,30,33,39H,2-3,8-13,16-17,20H2,1H3/t30-/m0/s1. The second kappa shape index (κ2) is 17.1. The molecule has 0 spiro atoms. The summed E-state index contributed by atoms with van der Waals surface area (Å²) in [6.07, 6.45) is 4.84. The van der Waals surface area contributed by atoms with Crippen molar-refractivity contribution >= 4 is 39.2 Å². The maximum Gasteiger partial charge on any atom is 0.387 e. The number of carbonyl (C=O) groups is 1. The first kappa shape index (κ1) is 37.0. The zero-order chi connectivity index (χ0) is 35.0. The molecule has 1 N–H and O–H groups in total. The van der Waals surface area contributed by atoms with Gasteiger partial charge >= 0.3 is 12.6 Å². The SMILES string of the molecule is CS(=O)(=O)NCc1ccc(C(=O)O[C@@H](Cc2c(Cl)cncc2Cl)c2ccc(OC(F)F)c(OCC3CC3)c2)cc1OCCN1CCOCC1. The topological polar surface area (TPSA) is 126 Å². The van der Waals surface area contributed by atoms with Crippen LogP contribution in [0.3, 0.4) is 0 Å². The fourth-order valence-corrected chi connectivity index (χ4v) is 5.98. The molecule has 16 heteroatoms. The largest absolute Gasteiger partial charge is 0.492 e. The van der Waals surface area contributed by atoms with Gasteiger partial charge in [0.15, 0.2) is 11.5 Å². The number of hydrogen-bond donors (Lipinski definition) is 1. The Balaban J connectivity index is 1.42. The van der Waals surface area contributed by atoms with Crippen molar-refractivity contribution < 1.29 is 45.7 Å². The Morgan fingerprint density at radius 3 is 2.45 bits per heavy atom. The van der Waals surface area contributed by atoms with Crippen LogP contribution in [0.1, 0.15) is 46.0 Å². The van der Waals surface area contributed by atoms with Crippen LogP contribution in [0.25, 0.3) is 0 Å². The molecule has 2 aliphatic rings. The number of carbonyl (C=O) groups excluding carboxylic acids is 1. The number of rotatable bonds is 17. The van der Waals surface area contributed by atoms with Crippen molar-refractivity contribution in [3.05, 3.63) is 81.1 Å². The molecule has 266 valence electrons. The number of hydrogen-bond acceptors (Lipinski definition) is 10. The van der Waals surface area contributed by atoms with Crippen LogP contribution in [0.4, 0.5) is 8.78 Å². The number of nitrogens with zero attached hydrogens (tertiary/aromatic N) is 2. The van der Waals surface area contributed by atoms with Gasteiger partial charge in [-0.15, -0.1) is 0 Å². The zero-order valence-electron chi connectivity index (χ0n) is 26.7. The van der Waals surface area contributed by atoms with Gasteiger partial charge in [-0.1, -0.05) is 35.3 Å². The van der Waals surface area contributed by atoms with Gasteiger partial charge in [-0.05, 0) is 54.2 Å². The van der Waals surface area contributed by atoms with Crippen molar-refractivity contribution in [1.29, 1.82) is 0 Å². The van der Waals surface area contributed by atoms with E-state index < -0.39 is 28.7 Å². The number of sulfonamides is 1. The van der Waals surface area contributed by atoms with E-state index in [1.165, 1.54) is 42.7 Å². The summed E-state index contributed by atoms with van der Waals surface area (Å²) in [5.74, 6) is -0.176. The van der Waals surface area contributed by atoms with E-state index in [1.54, 1.807) is 6.07 Å². The average Bonchev–Trinajstić information content (AvgIpc) is 3.89. The van der Waals surface area contributed by atoms with Gasteiger partial charge in [0.1, 0.15) is 18.5 Å². The molecule has 0 unspecified atom stereocenters. The van der Waals surface area contributed by atoms with Crippen LogP contribution in [0, 0.1) is 5.92 Å². The lowest BCUT2D eigenvalue weighted by atomic mass is 10.0. The average molecular weight is 745 g/mol. The Hall–Kier alpha value is -3.27. The predicted octanol–water partition coefficient (Wildman–Crippen LogP) is 5.68. The summed E-state index contributed by atoms with van der Waals surface area (Å²) in [7, 11) is -3.51. The van der Waals surface area contributed by atoms with E-state index in [1.807, 2.05) is 0 Å². The summed E-state index contributed by atoms with van der Waals surface area (Å²) >= 11 is 12.9. The fraction of sp³-hybridized carbons (Fsp3) is 0.455. The summed E-state index contributed by atoms with van der Waals surface area (Å²) in [6, 6.07) is 8.93. The number of pyridine rings is 1. The first-order valence-electron chi connectivity index (χ1n) is 15.7. The maximum atomic E-state index is 13.8. The molecule has 11 nitrogen and oxygen atoms in total. The summed E-state index contributed by atoms with van der Waals surface area (Å²) < 4.78 is 80.6. The van der Waals surface area contributed by atoms with Crippen molar-refractivity contribution in [2.45, 2.75) is 38.5 Å². The highest BCUT2D eigenvalue weighted by atomic mass is 35.5. The third-order valence-corrected chi connectivity index (χ3v) is 9.23. The van der Waals surface area contributed by atoms with E-state index in [4.69, 9.17) is 46.9 Å². The molecule has 1 saturated heterocycles. The van der Waals surface area contributed by atoms with Gasteiger partial charge in [-0.3, -0.25) is 9.88 Å². The molecule has 2 aromatic carbocycles. The molecular formula is C33H37Cl2F2N3O8S. The number of aromatic nitrogens is 1. The minimum atomic E-state index is -3.51. The van der Waals surface area contributed by atoms with Crippen molar-refractivity contribution in [2.24, 2.45) is 5.92 Å². The van der Waals surface area contributed by atoms with E-state index in [0.717, 1.165) is 32.2 Å². The van der Waals surface area contributed by atoms with Crippen LogP contribution in [-0.4, -0.2) is 83.2 Å². The normalized spacial score (nSPS) is 16.0. The highest BCUT2D eigenvalue weighted by molar-refractivity contribution is 7.88. The lowest BCUT2D eigenvalue weighted by Crippen LogP contribution is -2.38. The second-order valence-electron chi connectivity index (χ2n) is 11.7. The Bertz CT molecular complexity index is 1690. The fourth-order valence-electron chi connectivity index (χ4n) is 5.05. The van der Waals surface area contributed by atoms with E-state index in [9.17, 15) is 22.0 Å². The molecule has 0 bridgehead atoms. The molecular weight excluding hydrogens is 707 g/mol. The van der Waals surface area contributed by atoms with Crippen LogP contribution >= 0.6 is 23.2 Å².